The van der Waals surface area contributed by atoms with Crippen molar-refractivity contribution >= 4 is 0 Å². The van der Waals surface area contributed by atoms with E-state index >= 15 is 0 Å². The summed E-state index contributed by atoms with van der Waals surface area (Å²) < 4.78 is 5.73. The fraction of sp³-hybridized carbons (Fsp3) is 0.294. The Morgan fingerprint density at radius 3 is 2.26 bits per heavy atom. The second kappa shape index (κ2) is 6.95. The first-order chi connectivity index (χ1) is 9.28. The lowest BCUT2D eigenvalue weighted by Gasteiger charge is -2.09. The van der Waals surface area contributed by atoms with E-state index in [1.165, 1.54) is 11.1 Å². The quantitative estimate of drug-likeness (QED) is 0.858. The number of rotatable bonds is 6. The summed E-state index contributed by atoms with van der Waals surface area (Å²) in [7, 11) is 0. The monoisotopic (exact) mass is 256 g/mol. The SMILES string of the molecule is C[C@H](CO)Cc1ccc(OCc2ccccc2)cc1. The minimum Gasteiger partial charge on any atom is -0.489 e. The molecule has 2 aromatic rings. The molecule has 0 spiro atoms. The Morgan fingerprint density at radius 2 is 1.63 bits per heavy atom. The average molecular weight is 256 g/mol. The van der Waals surface area contributed by atoms with E-state index < -0.39 is 0 Å². The zero-order valence-corrected chi connectivity index (χ0v) is 11.3. The van der Waals surface area contributed by atoms with Gasteiger partial charge in [-0.2, -0.15) is 0 Å². The molecule has 0 fully saturated rings. The van der Waals surface area contributed by atoms with Crippen LogP contribution < -0.4 is 4.74 Å². The Balaban J connectivity index is 1.88. The Bertz CT molecular complexity index is 476. The van der Waals surface area contributed by atoms with Crippen molar-refractivity contribution in [3.63, 3.8) is 0 Å². The van der Waals surface area contributed by atoms with Crippen molar-refractivity contribution in [1.29, 1.82) is 0 Å². The van der Waals surface area contributed by atoms with Crippen LogP contribution >= 0.6 is 0 Å². The molecule has 0 bridgehead atoms. The van der Waals surface area contributed by atoms with Crippen LogP contribution in [0.15, 0.2) is 54.6 Å². The van der Waals surface area contributed by atoms with Crippen molar-refractivity contribution in [2.75, 3.05) is 6.61 Å². The molecule has 0 aliphatic heterocycles. The van der Waals surface area contributed by atoms with Gasteiger partial charge in [-0.15, -0.1) is 0 Å². The van der Waals surface area contributed by atoms with Gasteiger partial charge in [0.2, 0.25) is 0 Å². The van der Waals surface area contributed by atoms with Crippen LogP contribution in [0.25, 0.3) is 0 Å². The van der Waals surface area contributed by atoms with Crippen LogP contribution in [0.4, 0.5) is 0 Å². The van der Waals surface area contributed by atoms with Gasteiger partial charge in [0.05, 0.1) is 0 Å². The molecule has 1 atom stereocenters. The Hall–Kier alpha value is -1.80. The predicted octanol–water partition coefficient (Wildman–Crippen LogP) is 3.44. The van der Waals surface area contributed by atoms with Crippen molar-refractivity contribution in [2.24, 2.45) is 5.92 Å². The largest absolute Gasteiger partial charge is 0.489 e. The lowest BCUT2D eigenvalue weighted by molar-refractivity contribution is 0.237. The number of hydrogen-bond donors (Lipinski definition) is 1. The van der Waals surface area contributed by atoms with Gasteiger partial charge in [0.15, 0.2) is 0 Å². The Kier molecular flexibility index (Phi) is 4.99. The lowest BCUT2D eigenvalue weighted by Crippen LogP contribution is -2.04. The minimum atomic E-state index is 0.228. The molecule has 2 nitrogen and oxygen atoms in total. The Morgan fingerprint density at radius 1 is 0.947 bits per heavy atom. The van der Waals surface area contributed by atoms with Crippen LogP contribution in [0.3, 0.4) is 0 Å². The van der Waals surface area contributed by atoms with E-state index in [0.717, 1.165) is 12.2 Å². The van der Waals surface area contributed by atoms with Crippen molar-refractivity contribution in [3.8, 4) is 5.75 Å². The molecular formula is C17H20O2. The minimum absolute atomic E-state index is 0.228. The molecular weight excluding hydrogens is 236 g/mol. The third-order valence-corrected chi connectivity index (χ3v) is 3.07. The van der Waals surface area contributed by atoms with Gasteiger partial charge >= 0.3 is 0 Å². The van der Waals surface area contributed by atoms with Crippen LogP contribution in [0, 0.1) is 5.92 Å². The zero-order chi connectivity index (χ0) is 13.5. The molecule has 2 heteroatoms. The van der Waals surface area contributed by atoms with Crippen molar-refractivity contribution < 1.29 is 9.84 Å². The number of aliphatic hydroxyl groups excluding tert-OH is 1. The number of aliphatic hydroxyl groups is 1. The first-order valence-corrected chi connectivity index (χ1v) is 6.64. The topological polar surface area (TPSA) is 29.5 Å². The van der Waals surface area contributed by atoms with Crippen LogP contribution in [-0.4, -0.2) is 11.7 Å². The summed E-state index contributed by atoms with van der Waals surface area (Å²) in [6.07, 6.45) is 0.898. The van der Waals surface area contributed by atoms with Gasteiger partial charge in [-0.05, 0) is 35.6 Å². The van der Waals surface area contributed by atoms with Crippen molar-refractivity contribution in [3.05, 3.63) is 65.7 Å². The highest BCUT2D eigenvalue weighted by Gasteiger charge is 2.02. The molecule has 0 amide bonds. The zero-order valence-electron chi connectivity index (χ0n) is 11.3. The summed E-state index contributed by atoms with van der Waals surface area (Å²) in [5.74, 6) is 1.18. The highest BCUT2D eigenvalue weighted by molar-refractivity contribution is 5.28. The normalized spacial score (nSPS) is 12.1. The van der Waals surface area contributed by atoms with Gasteiger partial charge in [0, 0.05) is 6.61 Å². The van der Waals surface area contributed by atoms with Gasteiger partial charge in [-0.3, -0.25) is 0 Å². The molecule has 2 rings (SSSR count). The highest BCUT2D eigenvalue weighted by atomic mass is 16.5. The van der Waals surface area contributed by atoms with E-state index in [4.69, 9.17) is 9.84 Å². The van der Waals surface area contributed by atoms with E-state index in [1.807, 2.05) is 37.3 Å². The summed E-state index contributed by atoms with van der Waals surface area (Å²) in [6.45, 7) is 2.86. The van der Waals surface area contributed by atoms with Gasteiger partial charge in [-0.1, -0.05) is 49.4 Å². The maximum Gasteiger partial charge on any atom is 0.119 e. The summed E-state index contributed by atoms with van der Waals surface area (Å²) in [4.78, 5) is 0. The van der Waals surface area contributed by atoms with E-state index in [2.05, 4.69) is 24.3 Å². The summed E-state index contributed by atoms with van der Waals surface area (Å²) in [5.41, 5.74) is 2.40. The van der Waals surface area contributed by atoms with Gasteiger partial charge in [-0.25, -0.2) is 0 Å². The van der Waals surface area contributed by atoms with E-state index in [0.29, 0.717) is 12.5 Å². The van der Waals surface area contributed by atoms with Crippen molar-refractivity contribution in [1.82, 2.24) is 0 Å². The molecule has 0 saturated heterocycles. The Labute approximate surface area is 114 Å². The molecule has 0 unspecified atom stereocenters. The smallest absolute Gasteiger partial charge is 0.119 e. The molecule has 1 N–H and O–H groups in total. The molecule has 0 aliphatic carbocycles. The molecule has 19 heavy (non-hydrogen) atoms. The van der Waals surface area contributed by atoms with Gasteiger partial charge in [0.1, 0.15) is 12.4 Å². The molecule has 100 valence electrons. The molecule has 0 radical (unpaired) electrons. The van der Waals surface area contributed by atoms with Gasteiger partial charge < -0.3 is 9.84 Å². The number of benzene rings is 2. The molecule has 0 aromatic heterocycles. The maximum absolute atomic E-state index is 9.04. The van der Waals surface area contributed by atoms with E-state index in [9.17, 15) is 0 Å². The third kappa shape index (κ3) is 4.42. The standard InChI is InChI=1S/C17H20O2/c1-14(12-18)11-15-7-9-17(10-8-15)19-13-16-5-3-2-4-6-16/h2-10,14,18H,11-13H2,1H3/t14-/m0/s1. The van der Waals surface area contributed by atoms with Gasteiger partial charge in [0.25, 0.3) is 0 Å². The van der Waals surface area contributed by atoms with Crippen LogP contribution in [0.5, 0.6) is 5.75 Å². The average Bonchev–Trinajstić information content (AvgIpc) is 2.47. The van der Waals surface area contributed by atoms with Crippen LogP contribution in [0.1, 0.15) is 18.1 Å². The predicted molar refractivity (Wildman–Crippen MR) is 77.2 cm³/mol. The third-order valence-electron chi connectivity index (χ3n) is 3.07. The molecule has 0 aliphatic rings. The maximum atomic E-state index is 9.04. The van der Waals surface area contributed by atoms with E-state index in [1.54, 1.807) is 0 Å². The fourth-order valence-corrected chi connectivity index (χ4v) is 1.93. The second-order valence-corrected chi connectivity index (χ2v) is 4.91. The molecule has 0 saturated carbocycles. The van der Waals surface area contributed by atoms with Crippen molar-refractivity contribution in [2.45, 2.75) is 20.0 Å². The number of hydrogen-bond acceptors (Lipinski definition) is 2. The summed E-state index contributed by atoms with van der Waals surface area (Å²) in [6, 6.07) is 18.2. The molecule has 0 heterocycles. The second-order valence-electron chi connectivity index (χ2n) is 4.91. The summed E-state index contributed by atoms with van der Waals surface area (Å²) >= 11 is 0. The number of ether oxygens (including phenoxy) is 1. The molecule has 2 aromatic carbocycles. The van der Waals surface area contributed by atoms with E-state index in [-0.39, 0.29) is 6.61 Å². The first kappa shape index (κ1) is 13.6. The van der Waals surface area contributed by atoms with Crippen LogP contribution in [0.2, 0.25) is 0 Å². The highest BCUT2D eigenvalue weighted by Crippen LogP contribution is 2.16. The first-order valence-electron chi connectivity index (χ1n) is 6.64. The van der Waals surface area contributed by atoms with Crippen LogP contribution in [-0.2, 0) is 13.0 Å². The summed E-state index contributed by atoms with van der Waals surface area (Å²) in [5, 5.41) is 9.04. The fourth-order valence-electron chi connectivity index (χ4n) is 1.93. The lowest BCUT2D eigenvalue weighted by atomic mass is 10.0.